The second-order valence-electron chi connectivity index (χ2n) is 4.51. The number of aryl methyl sites for hydroxylation is 1. The molecule has 0 amide bonds. The van der Waals surface area contributed by atoms with Gasteiger partial charge >= 0.3 is 0 Å². The lowest BCUT2D eigenvalue weighted by atomic mass is 9.94. The van der Waals surface area contributed by atoms with Gasteiger partial charge < -0.3 is 5.32 Å². The number of hydrogen-bond donors (Lipinski definition) is 1. The molecule has 0 radical (unpaired) electrons. The smallest absolute Gasteiger partial charge is 0.128 e. The van der Waals surface area contributed by atoms with Gasteiger partial charge in [0.25, 0.3) is 0 Å². The van der Waals surface area contributed by atoms with Crippen molar-refractivity contribution >= 4 is 0 Å². The van der Waals surface area contributed by atoms with Crippen LogP contribution in [0.25, 0.3) is 0 Å². The zero-order valence-electron chi connectivity index (χ0n) is 11.1. The van der Waals surface area contributed by atoms with Crippen LogP contribution >= 0.6 is 0 Å². The van der Waals surface area contributed by atoms with Gasteiger partial charge in [0.2, 0.25) is 0 Å². The quantitative estimate of drug-likeness (QED) is 0.878. The highest BCUT2D eigenvalue weighted by atomic mass is 19.1. The van der Waals surface area contributed by atoms with Gasteiger partial charge in [-0.2, -0.15) is 0 Å². The average Bonchev–Trinajstić information content (AvgIpc) is 2.40. The molecule has 0 fully saturated rings. The molecule has 1 N–H and O–H groups in total. The van der Waals surface area contributed by atoms with Crippen molar-refractivity contribution in [2.45, 2.75) is 19.9 Å². The molecule has 0 aliphatic carbocycles. The van der Waals surface area contributed by atoms with Crippen LogP contribution in [0.1, 0.15) is 29.7 Å². The summed E-state index contributed by atoms with van der Waals surface area (Å²) in [6.07, 6.45) is 0. The fourth-order valence-corrected chi connectivity index (χ4v) is 2.24. The van der Waals surface area contributed by atoms with Crippen LogP contribution in [-0.4, -0.2) is 6.54 Å². The molecular formula is C16H17F2N. The van der Waals surface area contributed by atoms with Crippen LogP contribution in [0.3, 0.4) is 0 Å². The van der Waals surface area contributed by atoms with E-state index in [1.54, 1.807) is 0 Å². The van der Waals surface area contributed by atoms with Crippen LogP contribution in [0.5, 0.6) is 0 Å². The zero-order valence-corrected chi connectivity index (χ0v) is 11.1. The highest BCUT2D eigenvalue weighted by Crippen LogP contribution is 2.27. The molecule has 2 aromatic rings. The number of rotatable bonds is 4. The highest BCUT2D eigenvalue weighted by Gasteiger charge is 2.19. The topological polar surface area (TPSA) is 12.0 Å². The van der Waals surface area contributed by atoms with E-state index in [4.69, 9.17) is 0 Å². The number of hydrogen-bond acceptors (Lipinski definition) is 1. The van der Waals surface area contributed by atoms with Gasteiger partial charge in [0, 0.05) is 5.56 Å². The Morgan fingerprint density at radius 1 is 1.05 bits per heavy atom. The fourth-order valence-electron chi connectivity index (χ4n) is 2.24. The van der Waals surface area contributed by atoms with E-state index in [0.29, 0.717) is 12.1 Å². The number of benzene rings is 2. The molecule has 1 nitrogen and oxygen atoms in total. The Balaban J connectivity index is 2.51. The number of nitrogens with one attached hydrogen (secondary N) is 1. The minimum absolute atomic E-state index is 0.332. The third kappa shape index (κ3) is 2.99. The van der Waals surface area contributed by atoms with Gasteiger partial charge in [-0.1, -0.05) is 31.2 Å². The summed E-state index contributed by atoms with van der Waals surface area (Å²) < 4.78 is 27.3. The van der Waals surface area contributed by atoms with Crippen molar-refractivity contribution in [3.63, 3.8) is 0 Å². The molecule has 0 aromatic heterocycles. The van der Waals surface area contributed by atoms with Crippen molar-refractivity contribution in [1.82, 2.24) is 5.32 Å². The van der Waals surface area contributed by atoms with Crippen molar-refractivity contribution in [1.29, 1.82) is 0 Å². The van der Waals surface area contributed by atoms with Crippen molar-refractivity contribution in [2.24, 2.45) is 0 Å². The maximum atomic E-state index is 14.0. The average molecular weight is 261 g/mol. The predicted molar refractivity (Wildman–Crippen MR) is 73.1 cm³/mol. The van der Waals surface area contributed by atoms with Crippen molar-refractivity contribution in [3.05, 3.63) is 70.8 Å². The summed E-state index contributed by atoms with van der Waals surface area (Å²) in [4.78, 5) is 0. The molecule has 2 aromatic carbocycles. The van der Waals surface area contributed by atoms with Crippen LogP contribution < -0.4 is 5.32 Å². The standard InChI is InChI=1S/C16H17F2N/c1-3-19-16(13-7-5-4-6-11(13)2)14-10-12(17)8-9-15(14)18/h4-10,16,19H,3H2,1-2H3. The van der Waals surface area contributed by atoms with E-state index < -0.39 is 11.6 Å². The molecule has 0 heterocycles. The van der Waals surface area contributed by atoms with Crippen molar-refractivity contribution < 1.29 is 8.78 Å². The van der Waals surface area contributed by atoms with Crippen LogP contribution in [0.2, 0.25) is 0 Å². The molecular weight excluding hydrogens is 244 g/mol. The molecule has 0 spiro atoms. The second-order valence-corrected chi connectivity index (χ2v) is 4.51. The largest absolute Gasteiger partial charge is 0.306 e. The first-order chi connectivity index (χ1) is 9.13. The van der Waals surface area contributed by atoms with E-state index in [-0.39, 0.29) is 6.04 Å². The first kappa shape index (κ1) is 13.7. The molecule has 3 heteroatoms. The van der Waals surface area contributed by atoms with Gasteiger partial charge in [0.15, 0.2) is 0 Å². The molecule has 1 atom stereocenters. The van der Waals surface area contributed by atoms with E-state index in [1.807, 2.05) is 38.1 Å². The van der Waals surface area contributed by atoms with Gasteiger partial charge in [0.05, 0.1) is 6.04 Å². The molecule has 100 valence electrons. The number of halogens is 2. The normalized spacial score (nSPS) is 12.4. The Labute approximate surface area is 112 Å². The van der Waals surface area contributed by atoms with Gasteiger partial charge in [-0.05, 0) is 42.8 Å². The lowest BCUT2D eigenvalue weighted by molar-refractivity contribution is 0.544. The minimum atomic E-state index is -0.423. The molecule has 1 unspecified atom stereocenters. The first-order valence-electron chi connectivity index (χ1n) is 6.37. The lowest BCUT2D eigenvalue weighted by Gasteiger charge is -2.21. The summed E-state index contributed by atoms with van der Waals surface area (Å²) in [6.45, 7) is 4.59. The van der Waals surface area contributed by atoms with E-state index in [9.17, 15) is 8.78 Å². The van der Waals surface area contributed by atoms with Crippen molar-refractivity contribution in [2.75, 3.05) is 6.54 Å². The van der Waals surface area contributed by atoms with Crippen LogP contribution in [0.4, 0.5) is 8.78 Å². The van der Waals surface area contributed by atoms with E-state index >= 15 is 0 Å². The van der Waals surface area contributed by atoms with Crippen LogP contribution in [0, 0.1) is 18.6 Å². The maximum absolute atomic E-state index is 14.0. The Morgan fingerprint density at radius 3 is 2.47 bits per heavy atom. The summed E-state index contributed by atoms with van der Waals surface area (Å²) >= 11 is 0. The molecule has 0 saturated carbocycles. The first-order valence-corrected chi connectivity index (χ1v) is 6.37. The molecule has 2 rings (SSSR count). The van der Waals surface area contributed by atoms with E-state index in [2.05, 4.69) is 5.32 Å². The van der Waals surface area contributed by atoms with Crippen LogP contribution in [0.15, 0.2) is 42.5 Å². The summed E-state index contributed by atoms with van der Waals surface area (Å²) in [6, 6.07) is 11.0. The van der Waals surface area contributed by atoms with E-state index in [0.717, 1.165) is 17.2 Å². The predicted octanol–water partition coefficient (Wildman–Crippen LogP) is 3.97. The van der Waals surface area contributed by atoms with E-state index in [1.165, 1.54) is 12.1 Å². The van der Waals surface area contributed by atoms with Gasteiger partial charge in [-0.15, -0.1) is 0 Å². The van der Waals surface area contributed by atoms with Crippen LogP contribution in [-0.2, 0) is 0 Å². The second kappa shape index (κ2) is 5.93. The zero-order chi connectivity index (χ0) is 13.8. The SMILES string of the molecule is CCNC(c1ccccc1C)c1cc(F)ccc1F. The van der Waals surface area contributed by atoms with Gasteiger partial charge in [-0.3, -0.25) is 0 Å². The third-order valence-electron chi connectivity index (χ3n) is 3.18. The lowest BCUT2D eigenvalue weighted by Crippen LogP contribution is -2.23. The molecule has 0 bridgehead atoms. The maximum Gasteiger partial charge on any atom is 0.128 e. The highest BCUT2D eigenvalue weighted by molar-refractivity contribution is 5.37. The Bertz CT molecular complexity index is 566. The molecule has 0 saturated heterocycles. The minimum Gasteiger partial charge on any atom is -0.306 e. The van der Waals surface area contributed by atoms with Gasteiger partial charge in [-0.25, -0.2) is 8.78 Å². The Morgan fingerprint density at radius 2 is 1.79 bits per heavy atom. The molecule has 0 aliphatic heterocycles. The fraction of sp³-hybridized carbons (Fsp3) is 0.250. The summed E-state index contributed by atoms with van der Waals surface area (Å²) in [5, 5.41) is 3.22. The summed E-state index contributed by atoms with van der Waals surface area (Å²) in [5.74, 6) is -0.816. The Hall–Kier alpha value is -1.74. The summed E-state index contributed by atoms with van der Waals surface area (Å²) in [5.41, 5.74) is 2.36. The monoisotopic (exact) mass is 261 g/mol. The van der Waals surface area contributed by atoms with Crippen molar-refractivity contribution in [3.8, 4) is 0 Å². The van der Waals surface area contributed by atoms with Gasteiger partial charge in [0.1, 0.15) is 11.6 Å². The molecule has 0 aliphatic rings. The molecule has 19 heavy (non-hydrogen) atoms. The summed E-state index contributed by atoms with van der Waals surface area (Å²) in [7, 11) is 0. The Kier molecular flexibility index (Phi) is 4.27. The third-order valence-corrected chi connectivity index (χ3v) is 3.18.